The van der Waals surface area contributed by atoms with Crippen molar-refractivity contribution in [3.05, 3.63) is 41.1 Å². The van der Waals surface area contributed by atoms with E-state index in [4.69, 9.17) is 27.7 Å². The molecule has 1 rings (SSSR count). The molecule has 0 atom stereocenters. The van der Waals surface area contributed by atoms with E-state index in [2.05, 4.69) is 4.74 Å². The van der Waals surface area contributed by atoms with Crippen molar-refractivity contribution in [1.29, 1.82) is 5.26 Å². The summed E-state index contributed by atoms with van der Waals surface area (Å²) in [5, 5.41) is 17.1. The number of hydrogen-bond donors (Lipinski definition) is 2. The largest absolute Gasteiger partial charge is 0.500 e. The number of rotatable bonds is 3. The molecule has 1 aromatic carbocycles. The summed E-state index contributed by atoms with van der Waals surface area (Å²) in [4.78, 5) is 10.1. The van der Waals surface area contributed by atoms with Gasteiger partial charge in [0.25, 0.3) is 0 Å². The highest BCUT2D eigenvalue weighted by Gasteiger charge is 2.04. The Labute approximate surface area is 110 Å². The van der Waals surface area contributed by atoms with E-state index in [9.17, 15) is 4.79 Å². The van der Waals surface area contributed by atoms with E-state index < -0.39 is 5.97 Å². The van der Waals surface area contributed by atoms with Crippen molar-refractivity contribution < 1.29 is 14.6 Å². The zero-order valence-corrected chi connectivity index (χ0v) is 10.5. The third-order valence-electron chi connectivity index (χ3n) is 1.59. The maximum Gasteiger partial charge on any atom is 0.349 e. The number of nitrogens with zero attached hydrogens (tertiary/aromatic N) is 1. The van der Waals surface area contributed by atoms with Crippen molar-refractivity contribution in [2.45, 2.75) is 6.92 Å². The number of halogens is 1. The van der Waals surface area contributed by atoms with Gasteiger partial charge in [-0.3, -0.25) is 0 Å². The highest BCUT2D eigenvalue weighted by atomic mass is 35.5. The van der Waals surface area contributed by atoms with Crippen LogP contribution in [0.5, 0.6) is 0 Å². The van der Waals surface area contributed by atoms with Crippen LogP contribution in [-0.2, 0) is 9.53 Å². The molecule has 0 unspecified atom stereocenters. The van der Waals surface area contributed by atoms with Gasteiger partial charge < -0.3 is 15.6 Å². The second-order valence-corrected chi connectivity index (χ2v) is 3.39. The fourth-order valence-corrected chi connectivity index (χ4v) is 0.880. The molecule has 0 spiro atoms. The van der Waals surface area contributed by atoms with E-state index in [1.54, 1.807) is 31.2 Å². The standard InChI is InChI=1S/C6H6ClN.C6H7NO3/c7-5-1-3-6(8)4-2-5;1-2-10-4-5(3-7)6(8)9/h1-4H,8H2;4H,2H2,1H3,(H,8,9)/b;5-4-. The van der Waals surface area contributed by atoms with Crippen molar-refractivity contribution in [1.82, 2.24) is 0 Å². The number of anilines is 1. The number of nitrogen functional groups attached to an aromatic ring is 1. The molecule has 5 nitrogen and oxygen atoms in total. The Morgan fingerprint density at radius 3 is 2.44 bits per heavy atom. The smallest absolute Gasteiger partial charge is 0.349 e. The first-order valence-electron chi connectivity index (χ1n) is 4.97. The summed E-state index contributed by atoms with van der Waals surface area (Å²) in [6.07, 6.45) is 0.933. The van der Waals surface area contributed by atoms with Crippen molar-refractivity contribution in [2.24, 2.45) is 0 Å². The zero-order chi connectivity index (χ0) is 14.0. The molecule has 0 bridgehead atoms. The highest BCUT2D eigenvalue weighted by molar-refractivity contribution is 6.30. The maximum absolute atomic E-state index is 10.1. The Hall–Kier alpha value is -2.19. The van der Waals surface area contributed by atoms with Gasteiger partial charge in [0.05, 0.1) is 6.61 Å². The number of benzene rings is 1. The molecular formula is C12H13ClN2O3. The molecule has 96 valence electrons. The van der Waals surface area contributed by atoms with Crippen LogP contribution in [0, 0.1) is 11.3 Å². The fraction of sp³-hybridized carbons (Fsp3) is 0.167. The summed E-state index contributed by atoms with van der Waals surface area (Å²) in [7, 11) is 0. The molecule has 0 saturated heterocycles. The van der Waals surface area contributed by atoms with Crippen LogP contribution in [0.1, 0.15) is 6.92 Å². The van der Waals surface area contributed by atoms with E-state index >= 15 is 0 Å². The quantitative estimate of drug-likeness (QED) is 0.380. The molecule has 0 saturated carbocycles. The number of ether oxygens (including phenoxy) is 1. The van der Waals surface area contributed by atoms with Crippen molar-refractivity contribution in [3.63, 3.8) is 0 Å². The molecular weight excluding hydrogens is 256 g/mol. The van der Waals surface area contributed by atoms with Gasteiger partial charge in [-0.25, -0.2) is 4.79 Å². The SMILES string of the molecule is CCO/C=C(/C#N)C(=O)O.Nc1ccc(Cl)cc1. The van der Waals surface area contributed by atoms with Gasteiger partial charge in [-0.05, 0) is 31.2 Å². The predicted molar refractivity (Wildman–Crippen MR) is 68.8 cm³/mol. The lowest BCUT2D eigenvalue weighted by Crippen LogP contribution is -1.98. The lowest BCUT2D eigenvalue weighted by molar-refractivity contribution is -0.132. The molecule has 1 aromatic rings. The molecule has 0 aliphatic heterocycles. The summed E-state index contributed by atoms with van der Waals surface area (Å²) < 4.78 is 4.58. The van der Waals surface area contributed by atoms with Crippen LogP contribution in [0.25, 0.3) is 0 Å². The number of nitriles is 1. The first-order chi connectivity index (χ1) is 8.51. The summed E-state index contributed by atoms with van der Waals surface area (Å²) in [5.74, 6) is -1.27. The lowest BCUT2D eigenvalue weighted by atomic mass is 10.3. The van der Waals surface area contributed by atoms with E-state index in [0.29, 0.717) is 6.61 Å². The summed E-state index contributed by atoms with van der Waals surface area (Å²) in [6, 6.07) is 8.53. The first-order valence-corrected chi connectivity index (χ1v) is 5.35. The topological polar surface area (TPSA) is 96.3 Å². The number of nitrogens with two attached hydrogens (primary N) is 1. The van der Waals surface area contributed by atoms with Gasteiger partial charge in [0.2, 0.25) is 0 Å². The van der Waals surface area contributed by atoms with E-state index in [1.165, 1.54) is 6.07 Å². The number of carbonyl (C=O) groups is 1. The zero-order valence-electron chi connectivity index (χ0n) is 9.76. The minimum absolute atomic E-state index is 0.360. The van der Waals surface area contributed by atoms with Gasteiger partial charge in [0.1, 0.15) is 12.3 Å². The molecule has 0 heterocycles. The van der Waals surface area contributed by atoms with Gasteiger partial charge in [0.15, 0.2) is 5.57 Å². The fourth-order valence-electron chi connectivity index (χ4n) is 0.754. The molecule has 3 N–H and O–H groups in total. The molecule has 0 amide bonds. The second kappa shape index (κ2) is 8.90. The molecule has 0 aromatic heterocycles. The Morgan fingerprint density at radius 2 is 2.11 bits per heavy atom. The second-order valence-electron chi connectivity index (χ2n) is 2.96. The predicted octanol–water partition coefficient (Wildman–Crippen LogP) is 2.44. The molecule has 0 aliphatic rings. The first kappa shape index (κ1) is 15.8. The minimum atomic E-state index is -1.27. The average molecular weight is 269 g/mol. The van der Waals surface area contributed by atoms with Gasteiger partial charge in [-0.1, -0.05) is 11.6 Å². The molecule has 6 heteroatoms. The Balaban J connectivity index is 0.000000327. The highest BCUT2D eigenvalue weighted by Crippen LogP contribution is 2.09. The van der Waals surface area contributed by atoms with Gasteiger partial charge in [-0.2, -0.15) is 5.26 Å². The molecule has 0 radical (unpaired) electrons. The Bertz CT molecular complexity index is 428. The summed E-state index contributed by atoms with van der Waals surface area (Å²) >= 11 is 5.56. The van der Waals surface area contributed by atoms with E-state index in [0.717, 1.165) is 17.0 Å². The molecule has 0 aliphatic carbocycles. The summed E-state index contributed by atoms with van der Waals surface area (Å²) in [5.41, 5.74) is 5.73. The van der Waals surface area contributed by atoms with Crippen molar-refractivity contribution >= 4 is 23.3 Å². The monoisotopic (exact) mass is 268 g/mol. The van der Waals surface area contributed by atoms with E-state index in [1.807, 2.05) is 0 Å². The van der Waals surface area contributed by atoms with Crippen molar-refractivity contribution in [2.75, 3.05) is 12.3 Å². The van der Waals surface area contributed by atoms with Crippen LogP contribution in [0.2, 0.25) is 5.02 Å². The number of carboxylic acids is 1. The third-order valence-corrected chi connectivity index (χ3v) is 1.84. The number of carboxylic acid groups (broad SMARTS) is 1. The van der Waals surface area contributed by atoms with Crippen LogP contribution >= 0.6 is 11.6 Å². The summed E-state index contributed by atoms with van der Waals surface area (Å²) in [6.45, 7) is 2.06. The van der Waals surface area contributed by atoms with Gasteiger partial charge in [0, 0.05) is 10.7 Å². The maximum atomic E-state index is 10.1. The van der Waals surface area contributed by atoms with Crippen LogP contribution in [-0.4, -0.2) is 17.7 Å². The lowest BCUT2D eigenvalue weighted by Gasteiger charge is -1.91. The molecule has 0 fully saturated rings. The normalized spacial score (nSPS) is 9.72. The Morgan fingerprint density at radius 1 is 1.56 bits per heavy atom. The van der Waals surface area contributed by atoms with E-state index in [-0.39, 0.29) is 5.57 Å². The van der Waals surface area contributed by atoms with Gasteiger partial charge >= 0.3 is 5.97 Å². The van der Waals surface area contributed by atoms with Gasteiger partial charge in [-0.15, -0.1) is 0 Å². The third kappa shape index (κ3) is 7.14. The Kier molecular flexibility index (Phi) is 7.82. The van der Waals surface area contributed by atoms with Crippen LogP contribution < -0.4 is 5.73 Å². The van der Waals surface area contributed by atoms with Crippen LogP contribution in [0.3, 0.4) is 0 Å². The number of aliphatic carboxylic acids is 1. The minimum Gasteiger partial charge on any atom is -0.500 e. The molecule has 18 heavy (non-hydrogen) atoms. The van der Waals surface area contributed by atoms with Crippen LogP contribution in [0.15, 0.2) is 36.1 Å². The van der Waals surface area contributed by atoms with Crippen molar-refractivity contribution in [3.8, 4) is 6.07 Å². The number of hydrogen-bond acceptors (Lipinski definition) is 4. The van der Waals surface area contributed by atoms with Crippen LogP contribution in [0.4, 0.5) is 5.69 Å². The average Bonchev–Trinajstić information content (AvgIpc) is 2.34.